The second-order valence-electron chi connectivity index (χ2n) is 8.79. The molecular formula is C30H22N2O3. The fourth-order valence-corrected chi connectivity index (χ4v) is 4.89. The van der Waals surface area contributed by atoms with Gasteiger partial charge in [-0.25, -0.2) is 9.98 Å². The maximum atomic E-state index is 6.50. The molecule has 35 heavy (non-hydrogen) atoms. The van der Waals surface area contributed by atoms with Gasteiger partial charge in [0.05, 0.1) is 24.2 Å². The molecule has 5 nitrogen and oxygen atoms in total. The average Bonchev–Trinajstić information content (AvgIpc) is 3.68. The van der Waals surface area contributed by atoms with Gasteiger partial charge in [0.15, 0.2) is 0 Å². The van der Waals surface area contributed by atoms with E-state index in [1.54, 1.807) is 0 Å². The Morgan fingerprint density at radius 3 is 1.43 bits per heavy atom. The SMILES string of the molecule is c1ccc(C2CN=C(c3cccc4c3oc3c(C5=NCC(c6ccccc6)O5)cccc34)O2)cc1. The summed E-state index contributed by atoms with van der Waals surface area (Å²) in [6.07, 6.45) is -0.171. The lowest BCUT2D eigenvalue weighted by Crippen LogP contribution is -2.06. The van der Waals surface area contributed by atoms with Crippen LogP contribution in [0.1, 0.15) is 34.5 Å². The third kappa shape index (κ3) is 3.39. The van der Waals surface area contributed by atoms with Crippen molar-refractivity contribution in [1.29, 1.82) is 0 Å². The first-order chi connectivity index (χ1) is 17.3. The summed E-state index contributed by atoms with van der Waals surface area (Å²) in [4.78, 5) is 9.43. The highest BCUT2D eigenvalue weighted by molar-refractivity contribution is 6.17. The number of aliphatic imine (C=N–C) groups is 2. The van der Waals surface area contributed by atoms with Crippen molar-refractivity contribution in [2.24, 2.45) is 9.98 Å². The molecule has 5 heteroatoms. The molecule has 0 aliphatic carbocycles. The van der Waals surface area contributed by atoms with Gasteiger partial charge in [0.1, 0.15) is 23.4 Å². The fraction of sp³-hybridized carbons (Fsp3) is 0.133. The number of furan rings is 1. The molecule has 0 spiro atoms. The molecule has 2 unspecified atom stereocenters. The maximum absolute atomic E-state index is 6.50. The first-order valence-corrected chi connectivity index (χ1v) is 11.8. The van der Waals surface area contributed by atoms with Crippen LogP contribution >= 0.6 is 0 Å². The summed E-state index contributed by atoms with van der Waals surface area (Å²) < 4.78 is 19.0. The monoisotopic (exact) mass is 458 g/mol. The summed E-state index contributed by atoms with van der Waals surface area (Å²) in [7, 11) is 0. The molecule has 0 saturated heterocycles. The summed E-state index contributed by atoms with van der Waals surface area (Å²) in [5, 5.41) is 2.04. The predicted octanol–water partition coefficient (Wildman–Crippen LogP) is 6.62. The van der Waals surface area contributed by atoms with E-state index in [1.165, 1.54) is 0 Å². The molecule has 2 aliphatic rings. The van der Waals surface area contributed by atoms with E-state index in [0.717, 1.165) is 44.2 Å². The zero-order valence-corrected chi connectivity index (χ0v) is 18.9. The van der Waals surface area contributed by atoms with Gasteiger partial charge in [-0.2, -0.15) is 0 Å². The van der Waals surface area contributed by atoms with Crippen molar-refractivity contribution < 1.29 is 13.9 Å². The Morgan fingerprint density at radius 2 is 0.971 bits per heavy atom. The van der Waals surface area contributed by atoms with Gasteiger partial charge in [-0.05, 0) is 23.3 Å². The number of nitrogens with zero attached hydrogens (tertiary/aromatic N) is 2. The van der Waals surface area contributed by atoms with Gasteiger partial charge in [0.25, 0.3) is 0 Å². The minimum atomic E-state index is -0.0856. The smallest absolute Gasteiger partial charge is 0.220 e. The van der Waals surface area contributed by atoms with E-state index in [9.17, 15) is 0 Å². The number of para-hydroxylation sites is 2. The third-order valence-electron chi connectivity index (χ3n) is 6.64. The van der Waals surface area contributed by atoms with Crippen LogP contribution in [0.2, 0.25) is 0 Å². The lowest BCUT2D eigenvalue weighted by molar-refractivity contribution is 0.230. The van der Waals surface area contributed by atoms with Crippen LogP contribution in [0.15, 0.2) is 111 Å². The highest BCUT2D eigenvalue weighted by atomic mass is 16.5. The van der Waals surface area contributed by atoms with Crippen LogP contribution in [0.3, 0.4) is 0 Å². The summed E-state index contributed by atoms with van der Waals surface area (Å²) in [6.45, 7) is 1.18. The molecule has 1 aromatic heterocycles. The summed E-state index contributed by atoms with van der Waals surface area (Å²) in [5.41, 5.74) is 5.49. The van der Waals surface area contributed by atoms with E-state index in [0.29, 0.717) is 24.9 Å². The molecule has 2 atom stereocenters. The number of fused-ring (bicyclic) bond motifs is 3. The summed E-state index contributed by atoms with van der Waals surface area (Å²) in [6, 6.07) is 32.6. The zero-order chi connectivity index (χ0) is 23.2. The Kier molecular flexibility index (Phi) is 4.65. The number of rotatable bonds is 4. The molecule has 7 rings (SSSR count). The molecule has 0 radical (unpaired) electrons. The Bertz CT molecular complexity index is 1480. The minimum absolute atomic E-state index is 0.0856. The largest absolute Gasteiger partial charge is 0.467 e. The highest BCUT2D eigenvalue weighted by Crippen LogP contribution is 2.37. The molecule has 5 aromatic rings. The van der Waals surface area contributed by atoms with Crippen molar-refractivity contribution in [3.8, 4) is 0 Å². The highest BCUT2D eigenvalue weighted by Gasteiger charge is 2.28. The summed E-state index contributed by atoms with van der Waals surface area (Å²) >= 11 is 0. The van der Waals surface area contributed by atoms with Gasteiger partial charge in [-0.3, -0.25) is 0 Å². The van der Waals surface area contributed by atoms with Gasteiger partial charge >= 0.3 is 0 Å². The van der Waals surface area contributed by atoms with E-state index < -0.39 is 0 Å². The van der Waals surface area contributed by atoms with Crippen LogP contribution in [0, 0.1) is 0 Å². The first-order valence-electron chi connectivity index (χ1n) is 11.8. The normalized spacial score (nSPS) is 19.4. The van der Waals surface area contributed by atoms with Gasteiger partial charge in [-0.15, -0.1) is 0 Å². The molecular weight excluding hydrogens is 436 g/mol. The molecule has 0 saturated carbocycles. The number of ether oxygens (including phenoxy) is 2. The molecule has 0 fully saturated rings. The second kappa shape index (κ2) is 8.13. The van der Waals surface area contributed by atoms with Gasteiger partial charge < -0.3 is 13.9 Å². The van der Waals surface area contributed by atoms with Gasteiger partial charge in [0.2, 0.25) is 11.8 Å². The van der Waals surface area contributed by atoms with Crippen LogP contribution in [-0.4, -0.2) is 24.9 Å². The van der Waals surface area contributed by atoms with Crippen LogP contribution in [0.4, 0.5) is 0 Å². The Labute approximate surface area is 202 Å². The van der Waals surface area contributed by atoms with E-state index in [1.807, 2.05) is 60.7 Å². The molecule has 0 amide bonds. The summed E-state index contributed by atoms with van der Waals surface area (Å²) in [5.74, 6) is 1.23. The van der Waals surface area contributed by atoms with Crippen LogP contribution in [0.5, 0.6) is 0 Å². The molecule has 3 heterocycles. The number of hydrogen-bond donors (Lipinski definition) is 0. The molecule has 0 N–H and O–H groups in total. The molecule has 4 aromatic carbocycles. The predicted molar refractivity (Wildman–Crippen MR) is 137 cm³/mol. The fourth-order valence-electron chi connectivity index (χ4n) is 4.89. The second-order valence-corrected chi connectivity index (χ2v) is 8.79. The Morgan fingerprint density at radius 1 is 0.514 bits per heavy atom. The molecule has 2 aliphatic heterocycles. The van der Waals surface area contributed by atoms with E-state index in [-0.39, 0.29) is 12.2 Å². The van der Waals surface area contributed by atoms with Crippen molar-refractivity contribution in [3.05, 3.63) is 119 Å². The zero-order valence-electron chi connectivity index (χ0n) is 18.9. The van der Waals surface area contributed by atoms with E-state index in [4.69, 9.17) is 23.9 Å². The van der Waals surface area contributed by atoms with Crippen LogP contribution in [0.25, 0.3) is 21.9 Å². The third-order valence-corrected chi connectivity index (χ3v) is 6.64. The van der Waals surface area contributed by atoms with Crippen molar-refractivity contribution in [2.75, 3.05) is 13.1 Å². The first kappa shape index (κ1) is 20.0. The van der Waals surface area contributed by atoms with E-state index >= 15 is 0 Å². The topological polar surface area (TPSA) is 56.3 Å². The van der Waals surface area contributed by atoms with Crippen molar-refractivity contribution >= 4 is 33.7 Å². The Hall–Kier alpha value is -4.38. The lowest BCUT2D eigenvalue weighted by atomic mass is 10.1. The number of benzene rings is 4. The van der Waals surface area contributed by atoms with Gasteiger partial charge in [0, 0.05) is 10.8 Å². The van der Waals surface area contributed by atoms with Gasteiger partial charge in [-0.1, -0.05) is 84.9 Å². The van der Waals surface area contributed by atoms with Crippen LogP contribution in [-0.2, 0) is 9.47 Å². The quantitative estimate of drug-likeness (QED) is 0.304. The average molecular weight is 459 g/mol. The van der Waals surface area contributed by atoms with Crippen LogP contribution < -0.4 is 0 Å². The maximum Gasteiger partial charge on any atom is 0.220 e. The molecule has 0 bridgehead atoms. The van der Waals surface area contributed by atoms with E-state index in [2.05, 4.69) is 36.4 Å². The number of hydrogen-bond acceptors (Lipinski definition) is 5. The standard InChI is InChI=1S/C30H22N2O3/c1-3-9-19(10-4-1)25-17-31-29(33-25)23-15-7-13-21-22-14-8-16-24(28(22)35-27(21)23)30-32-18-26(34-30)20-11-5-2-6-12-20/h1-16,25-26H,17-18H2. The van der Waals surface area contributed by atoms with Crippen molar-refractivity contribution in [3.63, 3.8) is 0 Å². The Balaban J connectivity index is 1.25. The van der Waals surface area contributed by atoms with Crippen molar-refractivity contribution in [2.45, 2.75) is 12.2 Å². The van der Waals surface area contributed by atoms with Crippen molar-refractivity contribution in [1.82, 2.24) is 0 Å². The minimum Gasteiger partial charge on any atom is -0.467 e. The lowest BCUT2D eigenvalue weighted by Gasteiger charge is -2.11. The molecule has 170 valence electrons.